The van der Waals surface area contributed by atoms with Crippen LogP contribution in [-0.2, 0) is 16.3 Å². The van der Waals surface area contributed by atoms with E-state index in [1.54, 1.807) is 13.1 Å². The molecule has 0 radical (unpaired) electrons. The van der Waals surface area contributed by atoms with Gasteiger partial charge >= 0.3 is 6.18 Å². The molecule has 1 aliphatic heterocycles. The fourth-order valence-corrected chi connectivity index (χ4v) is 3.37. The number of alkyl halides is 3. The molecule has 0 spiro atoms. The number of halogens is 4. The van der Waals surface area contributed by atoms with Crippen molar-refractivity contribution in [2.45, 2.75) is 24.4 Å². The SMILES string of the molecule is CN=C(NCCN1CCOCC1)NCC1(c2cccc(C(F)(F)F)c2)CC1.I. The van der Waals surface area contributed by atoms with Crippen molar-refractivity contribution in [3.8, 4) is 0 Å². The minimum absolute atomic E-state index is 0. The first-order chi connectivity index (χ1) is 12.9. The molecule has 2 fully saturated rings. The summed E-state index contributed by atoms with van der Waals surface area (Å²) < 4.78 is 44.3. The van der Waals surface area contributed by atoms with Crippen molar-refractivity contribution in [1.82, 2.24) is 15.5 Å². The smallest absolute Gasteiger partial charge is 0.379 e. The van der Waals surface area contributed by atoms with E-state index in [1.165, 1.54) is 12.1 Å². The Hall–Kier alpha value is -1.07. The number of rotatable bonds is 6. The Kier molecular flexibility index (Phi) is 8.38. The van der Waals surface area contributed by atoms with Gasteiger partial charge in [0.1, 0.15) is 0 Å². The molecule has 1 aromatic rings. The van der Waals surface area contributed by atoms with E-state index in [0.717, 1.165) is 63.9 Å². The van der Waals surface area contributed by atoms with Gasteiger partial charge in [0.25, 0.3) is 0 Å². The molecule has 1 aromatic carbocycles. The summed E-state index contributed by atoms with van der Waals surface area (Å²) in [5.41, 5.74) is -0.0730. The zero-order valence-electron chi connectivity index (χ0n) is 16.0. The number of nitrogens with zero attached hydrogens (tertiary/aromatic N) is 2. The number of hydrogen-bond acceptors (Lipinski definition) is 3. The maximum atomic E-state index is 13.0. The summed E-state index contributed by atoms with van der Waals surface area (Å²) in [4.78, 5) is 6.55. The molecule has 1 saturated carbocycles. The number of morpholine rings is 1. The number of ether oxygens (including phenoxy) is 1. The van der Waals surface area contributed by atoms with E-state index in [0.29, 0.717) is 12.5 Å². The van der Waals surface area contributed by atoms with Gasteiger partial charge in [-0.15, -0.1) is 24.0 Å². The van der Waals surface area contributed by atoms with Crippen molar-refractivity contribution in [3.63, 3.8) is 0 Å². The van der Waals surface area contributed by atoms with Gasteiger partial charge in [0.15, 0.2) is 5.96 Å². The molecule has 0 atom stereocenters. The van der Waals surface area contributed by atoms with Crippen LogP contribution >= 0.6 is 24.0 Å². The van der Waals surface area contributed by atoms with Gasteiger partial charge in [0.05, 0.1) is 18.8 Å². The summed E-state index contributed by atoms with van der Waals surface area (Å²) in [6, 6.07) is 5.69. The molecule has 2 aliphatic rings. The summed E-state index contributed by atoms with van der Waals surface area (Å²) >= 11 is 0. The molecule has 2 N–H and O–H groups in total. The van der Waals surface area contributed by atoms with Gasteiger partial charge in [-0.2, -0.15) is 13.2 Å². The molecule has 1 heterocycles. The Morgan fingerprint density at radius 1 is 1.21 bits per heavy atom. The van der Waals surface area contributed by atoms with Crippen LogP contribution in [0.4, 0.5) is 13.2 Å². The monoisotopic (exact) mass is 512 g/mol. The molecule has 0 amide bonds. The lowest BCUT2D eigenvalue weighted by atomic mass is 9.94. The number of hydrogen-bond donors (Lipinski definition) is 2. The Labute approximate surface area is 181 Å². The lowest BCUT2D eigenvalue weighted by Gasteiger charge is -2.27. The highest BCUT2D eigenvalue weighted by Crippen LogP contribution is 2.48. The average molecular weight is 512 g/mol. The summed E-state index contributed by atoms with van der Waals surface area (Å²) in [5.74, 6) is 0.682. The van der Waals surface area contributed by atoms with Crippen molar-refractivity contribution in [1.29, 1.82) is 0 Å². The van der Waals surface area contributed by atoms with Gasteiger partial charge < -0.3 is 15.4 Å². The van der Waals surface area contributed by atoms with Crippen LogP contribution in [0.1, 0.15) is 24.0 Å². The minimum atomic E-state index is -4.31. The van der Waals surface area contributed by atoms with Crippen LogP contribution in [0.15, 0.2) is 29.3 Å². The third-order valence-corrected chi connectivity index (χ3v) is 5.30. The normalized spacial score (nSPS) is 19.6. The number of aliphatic imine (C=N–C) groups is 1. The quantitative estimate of drug-likeness (QED) is 0.350. The van der Waals surface area contributed by atoms with Gasteiger partial charge in [0, 0.05) is 45.2 Å². The fourth-order valence-electron chi connectivity index (χ4n) is 3.37. The number of benzene rings is 1. The predicted octanol–water partition coefficient (Wildman–Crippen LogP) is 2.85. The van der Waals surface area contributed by atoms with Gasteiger partial charge in [-0.1, -0.05) is 18.2 Å². The van der Waals surface area contributed by atoms with Gasteiger partial charge in [-0.3, -0.25) is 9.89 Å². The molecule has 1 saturated heterocycles. The van der Waals surface area contributed by atoms with Crippen LogP contribution in [0.2, 0.25) is 0 Å². The topological polar surface area (TPSA) is 48.9 Å². The average Bonchev–Trinajstić information content (AvgIpc) is 3.46. The Morgan fingerprint density at radius 2 is 1.93 bits per heavy atom. The van der Waals surface area contributed by atoms with E-state index in [9.17, 15) is 13.2 Å². The number of guanidine groups is 1. The second-order valence-electron chi connectivity index (χ2n) is 7.17. The molecular formula is C19H28F3IN4O. The summed E-state index contributed by atoms with van der Waals surface area (Å²) in [7, 11) is 1.70. The zero-order chi connectivity index (χ0) is 19.3. The molecule has 158 valence electrons. The van der Waals surface area contributed by atoms with Crippen LogP contribution in [0.25, 0.3) is 0 Å². The zero-order valence-corrected chi connectivity index (χ0v) is 18.3. The maximum Gasteiger partial charge on any atom is 0.416 e. The van der Waals surface area contributed by atoms with E-state index in [-0.39, 0.29) is 29.4 Å². The standard InChI is InChI=1S/C19H27F3N4O.HI/c1-23-17(24-7-8-26-9-11-27-12-10-26)25-14-18(5-6-18)15-3-2-4-16(13-15)19(20,21)22;/h2-4,13H,5-12,14H2,1H3,(H2,23,24,25);1H. The van der Waals surface area contributed by atoms with E-state index in [1.807, 2.05) is 0 Å². The van der Waals surface area contributed by atoms with Crippen LogP contribution in [0.5, 0.6) is 0 Å². The number of nitrogens with one attached hydrogen (secondary N) is 2. The summed E-state index contributed by atoms with van der Waals surface area (Å²) in [6.07, 6.45) is -2.55. The van der Waals surface area contributed by atoms with Crippen molar-refractivity contribution in [3.05, 3.63) is 35.4 Å². The molecule has 5 nitrogen and oxygen atoms in total. The molecule has 0 aromatic heterocycles. The molecule has 1 aliphatic carbocycles. The fraction of sp³-hybridized carbons (Fsp3) is 0.632. The summed E-state index contributed by atoms with van der Waals surface area (Å²) in [6.45, 7) is 5.66. The van der Waals surface area contributed by atoms with E-state index >= 15 is 0 Å². The van der Waals surface area contributed by atoms with Crippen molar-refractivity contribution >= 4 is 29.9 Å². The first-order valence-electron chi connectivity index (χ1n) is 9.35. The Balaban J connectivity index is 0.00000280. The highest BCUT2D eigenvalue weighted by Gasteiger charge is 2.45. The maximum absolute atomic E-state index is 13.0. The van der Waals surface area contributed by atoms with Crippen LogP contribution in [-0.4, -0.2) is 63.8 Å². The van der Waals surface area contributed by atoms with Gasteiger partial charge in [-0.05, 0) is 24.5 Å². The molecule has 3 rings (SSSR count). The second-order valence-corrected chi connectivity index (χ2v) is 7.17. The third-order valence-electron chi connectivity index (χ3n) is 5.30. The molecular weight excluding hydrogens is 484 g/mol. The van der Waals surface area contributed by atoms with Crippen molar-refractivity contribution < 1.29 is 17.9 Å². The predicted molar refractivity (Wildman–Crippen MR) is 114 cm³/mol. The molecule has 0 unspecified atom stereocenters. The highest BCUT2D eigenvalue weighted by molar-refractivity contribution is 14.0. The van der Waals surface area contributed by atoms with Crippen molar-refractivity contribution in [2.75, 3.05) is 53.0 Å². The van der Waals surface area contributed by atoms with E-state index in [2.05, 4.69) is 20.5 Å². The van der Waals surface area contributed by atoms with Gasteiger partial charge in [-0.25, -0.2) is 0 Å². The first kappa shape index (κ1) is 23.2. The van der Waals surface area contributed by atoms with E-state index in [4.69, 9.17) is 4.74 Å². The molecule has 28 heavy (non-hydrogen) atoms. The molecule has 0 bridgehead atoms. The second kappa shape index (κ2) is 10.1. The van der Waals surface area contributed by atoms with E-state index < -0.39 is 11.7 Å². The molecule has 9 heteroatoms. The Morgan fingerprint density at radius 3 is 2.54 bits per heavy atom. The largest absolute Gasteiger partial charge is 0.416 e. The lowest BCUT2D eigenvalue weighted by molar-refractivity contribution is -0.137. The van der Waals surface area contributed by atoms with Crippen LogP contribution in [0, 0.1) is 0 Å². The minimum Gasteiger partial charge on any atom is -0.379 e. The first-order valence-corrected chi connectivity index (χ1v) is 9.35. The van der Waals surface area contributed by atoms with Crippen LogP contribution < -0.4 is 10.6 Å². The van der Waals surface area contributed by atoms with Crippen molar-refractivity contribution in [2.24, 2.45) is 4.99 Å². The lowest BCUT2D eigenvalue weighted by Crippen LogP contribution is -2.45. The third kappa shape index (κ3) is 6.21. The van der Waals surface area contributed by atoms with Gasteiger partial charge in [0.2, 0.25) is 0 Å². The Bertz CT molecular complexity index is 659. The highest BCUT2D eigenvalue weighted by atomic mass is 127. The van der Waals surface area contributed by atoms with Crippen LogP contribution in [0.3, 0.4) is 0 Å². The summed E-state index contributed by atoms with van der Waals surface area (Å²) in [5, 5.41) is 6.56.